The van der Waals surface area contributed by atoms with E-state index in [1.54, 1.807) is 0 Å². The van der Waals surface area contributed by atoms with Crippen molar-refractivity contribution in [1.82, 2.24) is 0 Å². The first-order chi connectivity index (χ1) is 4.11. The van der Waals surface area contributed by atoms with Crippen LogP contribution in [-0.4, -0.2) is 11.2 Å². The highest BCUT2D eigenvalue weighted by molar-refractivity contribution is 5.07. The Balaban J connectivity index is 2.17. The first-order valence-corrected chi connectivity index (χ1v) is 3.79. The maximum Gasteiger partial charge on any atom is 0.0576 e. The smallest absolute Gasteiger partial charge is 0.0576 e. The molecule has 2 aliphatic carbocycles. The highest BCUT2D eigenvalue weighted by atomic mass is 16.3. The average molecular weight is 126 g/mol. The van der Waals surface area contributed by atoms with Crippen molar-refractivity contribution >= 4 is 0 Å². The lowest BCUT2D eigenvalue weighted by Gasteiger charge is -2.19. The van der Waals surface area contributed by atoms with Crippen molar-refractivity contribution in [3.63, 3.8) is 0 Å². The van der Waals surface area contributed by atoms with Gasteiger partial charge in [0.05, 0.1) is 6.10 Å². The standard InChI is InChI=1S/C8H14O/c1-8(2)4-7(9)5-3-6(5)8/h5-7,9H,3-4H2,1-2H3/t5-,6+,7-/m1/s1. The van der Waals surface area contributed by atoms with Crippen LogP contribution < -0.4 is 0 Å². The van der Waals surface area contributed by atoms with Gasteiger partial charge in [-0.2, -0.15) is 0 Å². The quantitative estimate of drug-likeness (QED) is 0.520. The van der Waals surface area contributed by atoms with Crippen molar-refractivity contribution in [2.45, 2.75) is 32.8 Å². The van der Waals surface area contributed by atoms with Crippen molar-refractivity contribution in [3.05, 3.63) is 0 Å². The lowest BCUT2D eigenvalue weighted by atomic mass is 9.87. The van der Waals surface area contributed by atoms with Crippen molar-refractivity contribution in [1.29, 1.82) is 0 Å². The summed E-state index contributed by atoms with van der Waals surface area (Å²) < 4.78 is 0. The zero-order valence-corrected chi connectivity index (χ0v) is 6.09. The molecule has 1 nitrogen and oxygen atoms in total. The van der Waals surface area contributed by atoms with Gasteiger partial charge in [-0.3, -0.25) is 0 Å². The predicted octanol–water partition coefficient (Wildman–Crippen LogP) is 1.41. The van der Waals surface area contributed by atoms with Crippen LogP contribution in [0.15, 0.2) is 0 Å². The van der Waals surface area contributed by atoms with E-state index in [4.69, 9.17) is 0 Å². The van der Waals surface area contributed by atoms with Gasteiger partial charge in [-0.25, -0.2) is 0 Å². The molecule has 1 N–H and O–H groups in total. The number of fused-ring (bicyclic) bond motifs is 1. The Bertz CT molecular complexity index is 140. The van der Waals surface area contributed by atoms with E-state index in [1.165, 1.54) is 6.42 Å². The van der Waals surface area contributed by atoms with Crippen LogP contribution in [0, 0.1) is 17.3 Å². The van der Waals surface area contributed by atoms with Crippen LogP contribution in [0.1, 0.15) is 26.7 Å². The summed E-state index contributed by atoms with van der Waals surface area (Å²) in [5.74, 6) is 1.53. The molecule has 3 atom stereocenters. The molecule has 0 unspecified atom stereocenters. The van der Waals surface area contributed by atoms with E-state index in [0.717, 1.165) is 12.3 Å². The van der Waals surface area contributed by atoms with Gasteiger partial charge in [0.25, 0.3) is 0 Å². The van der Waals surface area contributed by atoms with E-state index in [1.807, 2.05) is 0 Å². The van der Waals surface area contributed by atoms with E-state index in [-0.39, 0.29) is 6.10 Å². The van der Waals surface area contributed by atoms with Gasteiger partial charge in [0.15, 0.2) is 0 Å². The number of aliphatic hydroxyl groups is 1. The summed E-state index contributed by atoms with van der Waals surface area (Å²) >= 11 is 0. The molecule has 0 heterocycles. The Labute approximate surface area is 56.1 Å². The van der Waals surface area contributed by atoms with Gasteiger partial charge in [0.1, 0.15) is 0 Å². The van der Waals surface area contributed by atoms with Gasteiger partial charge in [-0.05, 0) is 30.1 Å². The zero-order valence-electron chi connectivity index (χ0n) is 6.09. The average Bonchev–Trinajstić information content (AvgIpc) is 2.33. The van der Waals surface area contributed by atoms with Gasteiger partial charge in [-0.1, -0.05) is 13.8 Å². The molecule has 0 radical (unpaired) electrons. The summed E-state index contributed by atoms with van der Waals surface area (Å²) in [4.78, 5) is 0. The fraction of sp³-hybridized carbons (Fsp3) is 1.00. The maximum atomic E-state index is 9.37. The van der Waals surface area contributed by atoms with Gasteiger partial charge >= 0.3 is 0 Å². The Morgan fingerprint density at radius 3 is 2.22 bits per heavy atom. The first-order valence-electron chi connectivity index (χ1n) is 3.79. The van der Waals surface area contributed by atoms with Gasteiger partial charge in [-0.15, -0.1) is 0 Å². The third kappa shape index (κ3) is 0.644. The molecule has 0 spiro atoms. The summed E-state index contributed by atoms with van der Waals surface area (Å²) in [6.45, 7) is 4.54. The van der Waals surface area contributed by atoms with Crippen LogP contribution in [0.3, 0.4) is 0 Å². The van der Waals surface area contributed by atoms with Crippen molar-refractivity contribution < 1.29 is 5.11 Å². The minimum atomic E-state index is 0.0324. The van der Waals surface area contributed by atoms with Gasteiger partial charge in [0.2, 0.25) is 0 Å². The summed E-state index contributed by atoms with van der Waals surface area (Å²) in [7, 11) is 0. The Kier molecular flexibility index (Phi) is 0.852. The van der Waals surface area contributed by atoms with Crippen LogP contribution in [0.4, 0.5) is 0 Å². The third-order valence-corrected chi connectivity index (χ3v) is 3.07. The number of hydrogen-bond donors (Lipinski definition) is 1. The normalized spacial score (nSPS) is 53.0. The molecule has 1 heteroatoms. The molecule has 0 amide bonds. The second-order valence-corrected chi connectivity index (χ2v) is 4.27. The SMILES string of the molecule is CC1(C)C[C@@H](O)[C@@H]2C[C@@H]21. The topological polar surface area (TPSA) is 20.2 Å². The highest BCUT2D eigenvalue weighted by Crippen LogP contribution is 2.61. The number of rotatable bonds is 0. The fourth-order valence-corrected chi connectivity index (χ4v) is 2.38. The molecular formula is C8H14O. The van der Waals surface area contributed by atoms with Crippen LogP contribution in [0.5, 0.6) is 0 Å². The van der Waals surface area contributed by atoms with Crippen LogP contribution in [-0.2, 0) is 0 Å². The molecule has 2 saturated carbocycles. The minimum Gasteiger partial charge on any atom is -0.393 e. The molecule has 2 rings (SSSR count). The van der Waals surface area contributed by atoms with E-state index in [0.29, 0.717) is 11.3 Å². The van der Waals surface area contributed by atoms with Crippen LogP contribution in [0.25, 0.3) is 0 Å². The Morgan fingerprint density at radius 2 is 2.11 bits per heavy atom. The van der Waals surface area contributed by atoms with E-state index < -0.39 is 0 Å². The Hall–Kier alpha value is -0.0400. The molecule has 2 aliphatic rings. The summed E-state index contributed by atoms with van der Waals surface area (Å²) in [5.41, 5.74) is 0.448. The highest BCUT2D eigenvalue weighted by Gasteiger charge is 2.57. The Morgan fingerprint density at radius 1 is 1.44 bits per heavy atom. The molecule has 9 heavy (non-hydrogen) atoms. The third-order valence-electron chi connectivity index (χ3n) is 3.07. The molecular weight excluding hydrogens is 112 g/mol. The van der Waals surface area contributed by atoms with E-state index in [9.17, 15) is 5.11 Å². The summed E-state index contributed by atoms with van der Waals surface area (Å²) in [5, 5.41) is 9.37. The molecule has 0 aromatic carbocycles. The maximum absolute atomic E-state index is 9.37. The summed E-state index contributed by atoms with van der Waals surface area (Å²) in [6.07, 6.45) is 2.35. The molecule has 0 saturated heterocycles. The molecule has 0 aliphatic heterocycles. The van der Waals surface area contributed by atoms with Crippen molar-refractivity contribution in [3.8, 4) is 0 Å². The van der Waals surface area contributed by atoms with E-state index in [2.05, 4.69) is 13.8 Å². The minimum absolute atomic E-state index is 0.0324. The van der Waals surface area contributed by atoms with E-state index >= 15 is 0 Å². The fourth-order valence-electron chi connectivity index (χ4n) is 2.38. The van der Waals surface area contributed by atoms with Crippen LogP contribution >= 0.6 is 0 Å². The largest absolute Gasteiger partial charge is 0.393 e. The molecule has 52 valence electrons. The van der Waals surface area contributed by atoms with Crippen LogP contribution in [0.2, 0.25) is 0 Å². The monoisotopic (exact) mass is 126 g/mol. The van der Waals surface area contributed by atoms with Gasteiger partial charge in [0, 0.05) is 0 Å². The first kappa shape index (κ1) is 5.72. The van der Waals surface area contributed by atoms with Crippen molar-refractivity contribution in [2.75, 3.05) is 0 Å². The summed E-state index contributed by atoms with van der Waals surface area (Å²) in [6, 6.07) is 0. The number of aliphatic hydroxyl groups excluding tert-OH is 1. The molecule has 0 aromatic heterocycles. The van der Waals surface area contributed by atoms with Gasteiger partial charge < -0.3 is 5.11 Å². The predicted molar refractivity (Wildman–Crippen MR) is 36.0 cm³/mol. The van der Waals surface area contributed by atoms with Crippen molar-refractivity contribution in [2.24, 2.45) is 17.3 Å². The second-order valence-electron chi connectivity index (χ2n) is 4.27. The number of hydrogen-bond acceptors (Lipinski definition) is 1. The lowest BCUT2D eigenvalue weighted by molar-refractivity contribution is 0.136. The lowest BCUT2D eigenvalue weighted by Crippen LogP contribution is -2.14. The molecule has 2 fully saturated rings. The molecule has 0 aromatic rings. The zero-order chi connectivity index (χ0) is 6.65. The molecule has 0 bridgehead atoms. The second kappa shape index (κ2) is 1.34.